The molecule has 1 aromatic carbocycles. The van der Waals surface area contributed by atoms with Gasteiger partial charge in [-0.1, -0.05) is 50.6 Å². The number of hydrogen-bond donors (Lipinski definition) is 7. The van der Waals surface area contributed by atoms with Gasteiger partial charge in [0, 0.05) is 30.5 Å². The fourth-order valence-electron chi connectivity index (χ4n) is 3.39. The van der Waals surface area contributed by atoms with Crippen LogP contribution in [0, 0.1) is 5.92 Å². The summed E-state index contributed by atoms with van der Waals surface area (Å²) in [4.78, 5) is 57.4. The second-order valence-electron chi connectivity index (χ2n) is 8.59. The molecule has 1 heterocycles. The molecular weight excluding hydrogens is 484 g/mol. The van der Waals surface area contributed by atoms with Gasteiger partial charge < -0.3 is 31.8 Å². The van der Waals surface area contributed by atoms with Gasteiger partial charge in [0.1, 0.15) is 18.1 Å². The van der Waals surface area contributed by atoms with Gasteiger partial charge in [0.15, 0.2) is 0 Å². The van der Waals surface area contributed by atoms with E-state index >= 15 is 0 Å². The highest BCUT2D eigenvalue weighted by Gasteiger charge is 2.31. The van der Waals surface area contributed by atoms with E-state index in [1.165, 1.54) is 12.5 Å². The van der Waals surface area contributed by atoms with Crippen molar-refractivity contribution in [3.63, 3.8) is 0 Å². The van der Waals surface area contributed by atoms with Gasteiger partial charge in [-0.05, 0) is 11.5 Å². The van der Waals surface area contributed by atoms with Gasteiger partial charge in [0.05, 0.1) is 12.4 Å². The van der Waals surface area contributed by atoms with Crippen molar-refractivity contribution in [3.8, 4) is 0 Å². The van der Waals surface area contributed by atoms with Crippen LogP contribution >= 0.6 is 12.6 Å². The molecule has 0 saturated heterocycles. The van der Waals surface area contributed by atoms with Crippen molar-refractivity contribution in [3.05, 3.63) is 54.1 Å². The fourth-order valence-corrected chi connectivity index (χ4v) is 3.64. The summed E-state index contributed by atoms with van der Waals surface area (Å²) in [5.74, 6) is -3.27. The molecule has 0 saturated carbocycles. The molecule has 1 aromatic heterocycles. The van der Waals surface area contributed by atoms with Crippen LogP contribution < -0.4 is 21.7 Å². The number of thiol groups is 1. The number of benzene rings is 1. The molecular formula is C24H34N6O5S. The summed E-state index contributed by atoms with van der Waals surface area (Å²) in [6.07, 6.45) is 3.85. The van der Waals surface area contributed by atoms with Crippen molar-refractivity contribution < 1.29 is 24.3 Å². The molecule has 0 spiro atoms. The standard InChI is InChI=1S/C24H34N6O5S/c1-3-14(2)20(25)23(33)29-18(10-16-11-26-13-27-16)22(32)28-17(9-15-7-5-4-6-8-15)21(31)30-19(12-36)24(34)35/h4-8,11,13-14,17-20,36H,3,9-10,12,25H2,1-2H3,(H,26,27)(H,28,32)(H,29,33)(H,30,31)(H,34,35). The molecule has 196 valence electrons. The van der Waals surface area contributed by atoms with E-state index in [0.717, 1.165) is 5.56 Å². The molecule has 36 heavy (non-hydrogen) atoms. The maximum absolute atomic E-state index is 13.3. The number of carbonyl (C=O) groups excluding carboxylic acids is 3. The van der Waals surface area contributed by atoms with Gasteiger partial charge >= 0.3 is 5.97 Å². The Hall–Kier alpha value is -3.38. The van der Waals surface area contributed by atoms with Crippen LogP contribution in [0.5, 0.6) is 0 Å². The zero-order valence-corrected chi connectivity index (χ0v) is 21.2. The van der Waals surface area contributed by atoms with Crippen LogP contribution in [0.2, 0.25) is 0 Å². The molecule has 3 amide bonds. The van der Waals surface area contributed by atoms with Crippen LogP contribution in [0.3, 0.4) is 0 Å². The number of imidazole rings is 1. The first-order chi connectivity index (χ1) is 17.2. The first-order valence-corrected chi connectivity index (χ1v) is 12.3. The van der Waals surface area contributed by atoms with Gasteiger partial charge in [-0.3, -0.25) is 14.4 Å². The van der Waals surface area contributed by atoms with Crippen molar-refractivity contribution in [2.24, 2.45) is 11.7 Å². The summed E-state index contributed by atoms with van der Waals surface area (Å²) in [7, 11) is 0. The van der Waals surface area contributed by atoms with E-state index in [4.69, 9.17) is 5.73 Å². The van der Waals surface area contributed by atoms with Crippen LogP contribution in [0.1, 0.15) is 31.5 Å². The van der Waals surface area contributed by atoms with Crippen molar-refractivity contribution >= 4 is 36.3 Å². The monoisotopic (exact) mass is 518 g/mol. The second-order valence-corrected chi connectivity index (χ2v) is 8.95. The van der Waals surface area contributed by atoms with Crippen LogP contribution in [-0.4, -0.2) is 68.7 Å². The Kier molecular flexibility index (Phi) is 11.4. The number of aromatic amines is 1. The van der Waals surface area contributed by atoms with Gasteiger partial charge in [-0.15, -0.1) is 0 Å². The lowest BCUT2D eigenvalue weighted by Gasteiger charge is -2.26. The zero-order valence-electron chi connectivity index (χ0n) is 20.3. The lowest BCUT2D eigenvalue weighted by Crippen LogP contribution is -2.58. The molecule has 7 N–H and O–H groups in total. The molecule has 0 fully saturated rings. The molecule has 0 bridgehead atoms. The van der Waals surface area contributed by atoms with Gasteiger partial charge in [0.25, 0.3) is 0 Å². The van der Waals surface area contributed by atoms with Crippen molar-refractivity contribution in [2.75, 3.05) is 5.75 Å². The molecule has 0 aliphatic heterocycles. The molecule has 12 heteroatoms. The SMILES string of the molecule is CCC(C)C(N)C(=O)NC(Cc1cnc[nH]1)C(=O)NC(Cc1ccccc1)C(=O)NC(CS)C(=O)O. The van der Waals surface area contributed by atoms with Crippen molar-refractivity contribution in [1.82, 2.24) is 25.9 Å². The third kappa shape index (κ3) is 8.68. The number of carboxylic acid groups (broad SMARTS) is 1. The topological polar surface area (TPSA) is 179 Å². The predicted molar refractivity (Wildman–Crippen MR) is 137 cm³/mol. The maximum atomic E-state index is 13.3. The van der Waals surface area contributed by atoms with E-state index in [2.05, 4.69) is 38.5 Å². The number of aromatic nitrogens is 2. The second kappa shape index (κ2) is 14.2. The van der Waals surface area contributed by atoms with Crippen molar-refractivity contribution in [1.29, 1.82) is 0 Å². The summed E-state index contributed by atoms with van der Waals surface area (Å²) in [5, 5.41) is 17.1. The van der Waals surface area contributed by atoms with Gasteiger partial charge in [0.2, 0.25) is 17.7 Å². The third-order valence-electron chi connectivity index (χ3n) is 5.88. The lowest BCUT2D eigenvalue weighted by molar-refractivity contribution is -0.141. The summed E-state index contributed by atoms with van der Waals surface area (Å²) >= 11 is 3.98. The van der Waals surface area contributed by atoms with E-state index in [9.17, 15) is 24.3 Å². The lowest BCUT2D eigenvalue weighted by atomic mass is 9.98. The van der Waals surface area contributed by atoms with E-state index in [-0.39, 0.29) is 24.5 Å². The highest BCUT2D eigenvalue weighted by Crippen LogP contribution is 2.09. The molecule has 5 unspecified atom stereocenters. The van der Waals surface area contributed by atoms with Crippen LogP contribution in [-0.2, 0) is 32.0 Å². The summed E-state index contributed by atoms with van der Waals surface area (Å²) in [6, 6.07) is 4.76. The minimum absolute atomic E-state index is 0.0822. The number of nitrogens with zero attached hydrogens (tertiary/aromatic N) is 1. The largest absolute Gasteiger partial charge is 0.480 e. The maximum Gasteiger partial charge on any atom is 0.327 e. The Bertz CT molecular complexity index is 1000. The Labute approximate surface area is 215 Å². The number of carbonyl (C=O) groups is 4. The summed E-state index contributed by atoms with van der Waals surface area (Å²) < 4.78 is 0. The van der Waals surface area contributed by atoms with Crippen LogP contribution in [0.15, 0.2) is 42.9 Å². The highest BCUT2D eigenvalue weighted by molar-refractivity contribution is 7.80. The Morgan fingerprint density at radius 1 is 1.00 bits per heavy atom. The number of carboxylic acids is 1. The van der Waals surface area contributed by atoms with E-state index < -0.39 is 47.9 Å². The Morgan fingerprint density at radius 3 is 2.11 bits per heavy atom. The first-order valence-electron chi connectivity index (χ1n) is 11.7. The molecule has 2 aromatic rings. The quantitative estimate of drug-likeness (QED) is 0.172. The Morgan fingerprint density at radius 2 is 1.58 bits per heavy atom. The number of aliphatic carboxylic acids is 1. The van der Waals surface area contributed by atoms with Gasteiger partial charge in [-0.2, -0.15) is 12.6 Å². The van der Waals surface area contributed by atoms with Crippen LogP contribution in [0.4, 0.5) is 0 Å². The highest BCUT2D eigenvalue weighted by atomic mass is 32.1. The number of H-pyrrole nitrogens is 1. The molecule has 5 atom stereocenters. The van der Waals surface area contributed by atoms with E-state index in [1.807, 2.05) is 19.9 Å². The molecule has 0 radical (unpaired) electrons. The van der Waals surface area contributed by atoms with E-state index in [1.54, 1.807) is 24.3 Å². The summed E-state index contributed by atoms with van der Waals surface area (Å²) in [6.45, 7) is 3.75. The number of nitrogens with one attached hydrogen (secondary N) is 4. The zero-order chi connectivity index (χ0) is 26.7. The third-order valence-corrected chi connectivity index (χ3v) is 6.25. The normalized spacial score (nSPS) is 15.1. The molecule has 0 aliphatic rings. The van der Waals surface area contributed by atoms with E-state index in [0.29, 0.717) is 12.1 Å². The van der Waals surface area contributed by atoms with Crippen molar-refractivity contribution in [2.45, 2.75) is 57.3 Å². The fraction of sp³-hybridized carbons (Fsp3) is 0.458. The molecule has 11 nitrogen and oxygen atoms in total. The first kappa shape index (κ1) is 28.9. The number of hydrogen-bond acceptors (Lipinski definition) is 7. The summed E-state index contributed by atoms with van der Waals surface area (Å²) in [5.41, 5.74) is 7.40. The van der Waals surface area contributed by atoms with Crippen LogP contribution in [0.25, 0.3) is 0 Å². The Balaban J connectivity index is 2.26. The predicted octanol–water partition coefficient (Wildman–Crippen LogP) is 0.0371. The van der Waals surface area contributed by atoms with Gasteiger partial charge in [-0.25, -0.2) is 9.78 Å². The molecule has 2 rings (SSSR count). The number of rotatable bonds is 14. The number of amides is 3. The average Bonchev–Trinajstić information content (AvgIpc) is 3.38. The minimum Gasteiger partial charge on any atom is -0.480 e. The number of nitrogens with two attached hydrogens (primary N) is 1. The molecule has 0 aliphatic carbocycles. The minimum atomic E-state index is -1.24. The average molecular weight is 519 g/mol. The smallest absolute Gasteiger partial charge is 0.327 e.